The van der Waals surface area contributed by atoms with Crippen LogP contribution in [0.1, 0.15) is 11.1 Å². The second kappa shape index (κ2) is 7.43. The van der Waals surface area contributed by atoms with Crippen LogP contribution in [0.15, 0.2) is 42.5 Å². The van der Waals surface area contributed by atoms with E-state index in [9.17, 15) is 0 Å². The Morgan fingerprint density at radius 3 is 2.09 bits per heavy atom. The molecular formula is C19H26N2O. The molecule has 2 aromatic rings. The first-order valence-corrected chi connectivity index (χ1v) is 7.56. The summed E-state index contributed by atoms with van der Waals surface area (Å²) >= 11 is 0. The maximum Gasteiger partial charge on any atom is 0.123 e. The second-order valence-corrected chi connectivity index (χ2v) is 6.16. The van der Waals surface area contributed by atoms with Crippen LogP contribution in [0.2, 0.25) is 0 Å². The van der Waals surface area contributed by atoms with E-state index in [4.69, 9.17) is 4.74 Å². The molecule has 0 atom stereocenters. The summed E-state index contributed by atoms with van der Waals surface area (Å²) in [6, 6.07) is 15.1. The molecule has 0 N–H and O–H groups in total. The zero-order chi connectivity index (χ0) is 16.1. The predicted octanol–water partition coefficient (Wildman–Crippen LogP) is 3.49. The van der Waals surface area contributed by atoms with Gasteiger partial charge in [0.1, 0.15) is 5.75 Å². The molecule has 0 aliphatic rings. The molecule has 0 heterocycles. The first kappa shape index (κ1) is 16.5. The fourth-order valence-electron chi connectivity index (χ4n) is 2.69. The van der Waals surface area contributed by atoms with Gasteiger partial charge in [-0.1, -0.05) is 30.3 Å². The zero-order valence-corrected chi connectivity index (χ0v) is 14.3. The van der Waals surface area contributed by atoms with Gasteiger partial charge in [0.25, 0.3) is 0 Å². The van der Waals surface area contributed by atoms with Crippen molar-refractivity contribution in [2.75, 3.05) is 35.3 Å². The molecule has 0 aromatic heterocycles. The van der Waals surface area contributed by atoms with Crippen molar-refractivity contribution in [3.63, 3.8) is 0 Å². The van der Waals surface area contributed by atoms with Crippen LogP contribution >= 0.6 is 0 Å². The first-order chi connectivity index (χ1) is 10.5. The van der Waals surface area contributed by atoms with Gasteiger partial charge in [-0.3, -0.25) is 0 Å². The summed E-state index contributed by atoms with van der Waals surface area (Å²) in [6.07, 6.45) is 0. The average Bonchev–Trinajstić information content (AvgIpc) is 2.46. The van der Waals surface area contributed by atoms with Crippen molar-refractivity contribution in [2.45, 2.75) is 13.1 Å². The number of benzene rings is 2. The molecule has 0 aliphatic carbocycles. The van der Waals surface area contributed by atoms with Gasteiger partial charge in [-0.15, -0.1) is 0 Å². The molecule has 0 radical (unpaired) electrons. The number of rotatable bonds is 6. The molecule has 22 heavy (non-hydrogen) atoms. The summed E-state index contributed by atoms with van der Waals surface area (Å²) in [5.41, 5.74) is 5.09. The van der Waals surface area contributed by atoms with Gasteiger partial charge in [0.15, 0.2) is 0 Å². The SMILES string of the molecule is COc1ccc(-c2ccccc2CN(C)C)cc1CN(C)C. The quantitative estimate of drug-likeness (QED) is 0.812. The second-order valence-electron chi connectivity index (χ2n) is 6.16. The van der Waals surface area contributed by atoms with E-state index >= 15 is 0 Å². The fourth-order valence-corrected chi connectivity index (χ4v) is 2.69. The van der Waals surface area contributed by atoms with Gasteiger partial charge in [0.2, 0.25) is 0 Å². The highest BCUT2D eigenvalue weighted by molar-refractivity contribution is 5.69. The highest BCUT2D eigenvalue weighted by atomic mass is 16.5. The van der Waals surface area contributed by atoms with E-state index in [-0.39, 0.29) is 0 Å². The molecule has 0 saturated heterocycles. The van der Waals surface area contributed by atoms with Gasteiger partial charge in [0.05, 0.1) is 7.11 Å². The summed E-state index contributed by atoms with van der Waals surface area (Å²) in [4.78, 5) is 4.36. The van der Waals surface area contributed by atoms with E-state index in [1.807, 2.05) is 0 Å². The van der Waals surface area contributed by atoms with Crippen LogP contribution in [0.25, 0.3) is 11.1 Å². The van der Waals surface area contributed by atoms with Crippen molar-refractivity contribution < 1.29 is 4.74 Å². The number of ether oxygens (including phenoxy) is 1. The molecule has 3 nitrogen and oxygen atoms in total. The highest BCUT2D eigenvalue weighted by Gasteiger charge is 2.10. The summed E-state index contributed by atoms with van der Waals surface area (Å²) in [6.45, 7) is 1.80. The fraction of sp³-hybridized carbons (Fsp3) is 0.368. The van der Waals surface area contributed by atoms with Crippen LogP contribution < -0.4 is 4.74 Å². The Hall–Kier alpha value is -1.84. The van der Waals surface area contributed by atoms with E-state index in [0.29, 0.717) is 0 Å². The predicted molar refractivity (Wildman–Crippen MR) is 93.2 cm³/mol. The monoisotopic (exact) mass is 298 g/mol. The minimum absolute atomic E-state index is 0.868. The van der Waals surface area contributed by atoms with E-state index in [0.717, 1.165) is 18.8 Å². The lowest BCUT2D eigenvalue weighted by molar-refractivity contribution is 0.372. The molecule has 2 aromatic carbocycles. The Morgan fingerprint density at radius 2 is 1.45 bits per heavy atom. The smallest absolute Gasteiger partial charge is 0.123 e. The van der Waals surface area contributed by atoms with Gasteiger partial charge in [-0.25, -0.2) is 0 Å². The first-order valence-electron chi connectivity index (χ1n) is 7.56. The Labute approximate surface area is 134 Å². The lowest BCUT2D eigenvalue weighted by Crippen LogP contribution is -2.12. The molecule has 2 rings (SSSR count). The van der Waals surface area contributed by atoms with E-state index in [1.54, 1.807) is 7.11 Å². The number of hydrogen-bond donors (Lipinski definition) is 0. The van der Waals surface area contributed by atoms with Crippen LogP contribution in [-0.2, 0) is 13.1 Å². The zero-order valence-electron chi connectivity index (χ0n) is 14.3. The van der Waals surface area contributed by atoms with E-state index in [2.05, 4.69) is 80.5 Å². The molecule has 3 heteroatoms. The van der Waals surface area contributed by atoms with Crippen molar-refractivity contribution in [1.29, 1.82) is 0 Å². The maximum absolute atomic E-state index is 5.50. The van der Waals surface area contributed by atoms with Crippen molar-refractivity contribution >= 4 is 0 Å². The lowest BCUT2D eigenvalue weighted by Gasteiger charge is -2.17. The number of methoxy groups -OCH3 is 1. The number of hydrogen-bond acceptors (Lipinski definition) is 3. The van der Waals surface area contributed by atoms with Gasteiger partial charge >= 0.3 is 0 Å². The van der Waals surface area contributed by atoms with Crippen LogP contribution in [0.5, 0.6) is 5.75 Å². The standard InChI is InChI=1S/C19H26N2O/c1-20(2)13-16-8-6-7-9-18(16)15-10-11-19(22-5)17(12-15)14-21(3)4/h6-12H,13-14H2,1-5H3. The summed E-state index contributed by atoms with van der Waals surface area (Å²) < 4.78 is 5.50. The highest BCUT2D eigenvalue weighted by Crippen LogP contribution is 2.30. The van der Waals surface area contributed by atoms with Crippen LogP contribution in [0.3, 0.4) is 0 Å². The van der Waals surface area contributed by atoms with Gasteiger partial charge < -0.3 is 14.5 Å². The minimum atomic E-state index is 0.868. The molecular weight excluding hydrogens is 272 g/mol. The van der Waals surface area contributed by atoms with Crippen molar-refractivity contribution in [3.05, 3.63) is 53.6 Å². The van der Waals surface area contributed by atoms with Crippen molar-refractivity contribution in [1.82, 2.24) is 9.80 Å². The third-order valence-corrected chi connectivity index (χ3v) is 3.58. The van der Waals surface area contributed by atoms with E-state index in [1.165, 1.54) is 22.3 Å². The maximum atomic E-state index is 5.50. The van der Waals surface area contributed by atoms with Crippen LogP contribution in [0, 0.1) is 0 Å². The largest absolute Gasteiger partial charge is 0.496 e. The molecule has 0 saturated carbocycles. The molecule has 0 bridgehead atoms. The Kier molecular flexibility index (Phi) is 5.58. The third kappa shape index (κ3) is 4.09. The normalized spacial score (nSPS) is 11.2. The third-order valence-electron chi connectivity index (χ3n) is 3.58. The van der Waals surface area contributed by atoms with Crippen molar-refractivity contribution in [2.24, 2.45) is 0 Å². The van der Waals surface area contributed by atoms with Crippen LogP contribution in [-0.4, -0.2) is 45.1 Å². The molecule has 0 spiro atoms. The summed E-state index contributed by atoms with van der Waals surface area (Å²) in [5.74, 6) is 0.947. The van der Waals surface area contributed by atoms with Crippen molar-refractivity contribution in [3.8, 4) is 16.9 Å². The molecule has 0 fully saturated rings. The minimum Gasteiger partial charge on any atom is -0.496 e. The number of nitrogens with zero attached hydrogens (tertiary/aromatic N) is 2. The summed E-state index contributed by atoms with van der Waals surface area (Å²) in [5, 5.41) is 0. The molecule has 0 aliphatic heterocycles. The lowest BCUT2D eigenvalue weighted by atomic mass is 9.97. The Balaban J connectivity index is 2.44. The molecule has 0 unspecified atom stereocenters. The summed E-state index contributed by atoms with van der Waals surface area (Å²) in [7, 11) is 10.1. The van der Waals surface area contributed by atoms with Gasteiger partial charge in [-0.05, 0) is 57.0 Å². The van der Waals surface area contributed by atoms with E-state index < -0.39 is 0 Å². The Morgan fingerprint density at radius 1 is 0.818 bits per heavy atom. The topological polar surface area (TPSA) is 15.7 Å². The van der Waals surface area contributed by atoms with Crippen LogP contribution in [0.4, 0.5) is 0 Å². The average molecular weight is 298 g/mol. The van der Waals surface area contributed by atoms with Gasteiger partial charge in [0, 0.05) is 18.7 Å². The molecule has 118 valence electrons. The van der Waals surface area contributed by atoms with Gasteiger partial charge in [-0.2, -0.15) is 0 Å². The Bertz CT molecular complexity index is 621. The molecule has 0 amide bonds.